The van der Waals surface area contributed by atoms with Crippen molar-refractivity contribution >= 4 is 50.0 Å². The molecule has 0 spiro atoms. The highest BCUT2D eigenvalue weighted by atomic mass is 32.2. The number of rotatable bonds is 10. The molecule has 3 aromatic heterocycles. The van der Waals surface area contributed by atoms with Crippen molar-refractivity contribution in [1.29, 1.82) is 0 Å². The number of aromatic nitrogens is 5. The van der Waals surface area contributed by atoms with E-state index < -0.39 is 5.82 Å². The summed E-state index contributed by atoms with van der Waals surface area (Å²) in [6, 6.07) is 15.1. The van der Waals surface area contributed by atoms with Crippen LogP contribution >= 0.6 is 23.1 Å². The van der Waals surface area contributed by atoms with Gasteiger partial charge in [-0.25, -0.2) is 9.37 Å². The maximum Gasteiger partial charge on any atom is 0.240 e. The van der Waals surface area contributed by atoms with Gasteiger partial charge >= 0.3 is 0 Å². The first kappa shape index (κ1) is 27.5. The molecule has 1 N–H and O–H groups in total. The molecule has 1 aliphatic rings. The highest BCUT2D eigenvalue weighted by Gasteiger charge is 2.15. The van der Waals surface area contributed by atoms with Gasteiger partial charge in [-0.2, -0.15) is 4.52 Å². The molecule has 41 heavy (non-hydrogen) atoms. The molecular formula is C27H27FN8O3S2. The molecule has 0 unspecified atom stereocenters. The predicted octanol–water partition coefficient (Wildman–Crippen LogP) is 4.02. The fourth-order valence-electron chi connectivity index (χ4n) is 4.27. The van der Waals surface area contributed by atoms with Crippen LogP contribution in [0.3, 0.4) is 0 Å². The molecule has 212 valence electrons. The van der Waals surface area contributed by atoms with Gasteiger partial charge < -0.3 is 14.8 Å². The summed E-state index contributed by atoms with van der Waals surface area (Å²) in [5, 5.41) is 17.0. The second-order valence-electron chi connectivity index (χ2n) is 9.47. The first-order chi connectivity index (χ1) is 20.0. The van der Waals surface area contributed by atoms with Crippen molar-refractivity contribution in [2.24, 2.45) is 0 Å². The van der Waals surface area contributed by atoms with E-state index in [1.807, 2.05) is 30.1 Å². The summed E-state index contributed by atoms with van der Waals surface area (Å²) < 4.78 is 27.1. The number of nitrogens with one attached hydrogen (secondary N) is 1. The van der Waals surface area contributed by atoms with E-state index >= 15 is 0 Å². The Kier molecular flexibility index (Phi) is 8.34. The second kappa shape index (κ2) is 12.4. The Labute approximate surface area is 243 Å². The van der Waals surface area contributed by atoms with Crippen molar-refractivity contribution in [3.63, 3.8) is 0 Å². The molecule has 1 amide bonds. The zero-order valence-corrected chi connectivity index (χ0v) is 23.8. The Morgan fingerprint density at radius 2 is 2.05 bits per heavy atom. The monoisotopic (exact) mass is 594 g/mol. The molecule has 6 rings (SSSR count). The van der Waals surface area contributed by atoms with Gasteiger partial charge in [0, 0.05) is 43.2 Å². The molecule has 2 aromatic carbocycles. The van der Waals surface area contributed by atoms with Crippen LogP contribution in [0.15, 0.2) is 64.6 Å². The molecule has 0 saturated carbocycles. The van der Waals surface area contributed by atoms with Crippen LogP contribution in [-0.4, -0.2) is 93.5 Å². The van der Waals surface area contributed by atoms with E-state index in [9.17, 15) is 9.18 Å². The number of benzene rings is 2. The van der Waals surface area contributed by atoms with E-state index in [1.54, 1.807) is 28.8 Å². The second-order valence-corrected chi connectivity index (χ2v) is 11.5. The van der Waals surface area contributed by atoms with E-state index in [1.165, 1.54) is 35.2 Å². The number of fused-ring (bicyclic) bond motifs is 2. The lowest BCUT2D eigenvalue weighted by molar-refractivity contribution is -0.117. The Balaban J connectivity index is 1.09. The van der Waals surface area contributed by atoms with E-state index in [4.69, 9.17) is 9.47 Å². The molecule has 0 atom stereocenters. The minimum Gasteiger partial charge on any atom is -0.437 e. The lowest BCUT2D eigenvalue weighted by Gasteiger charge is -2.28. The van der Waals surface area contributed by atoms with E-state index in [0.29, 0.717) is 28.2 Å². The predicted molar refractivity (Wildman–Crippen MR) is 154 cm³/mol. The number of hydrogen-bond acceptors (Lipinski definition) is 11. The third kappa shape index (κ3) is 6.97. The van der Waals surface area contributed by atoms with Crippen LogP contribution in [0.4, 0.5) is 9.52 Å². The van der Waals surface area contributed by atoms with E-state index in [2.05, 4.69) is 30.5 Å². The molecule has 4 heterocycles. The zero-order chi connectivity index (χ0) is 28.2. The summed E-state index contributed by atoms with van der Waals surface area (Å²) in [5.74, 6) is 0.143. The number of amides is 1. The summed E-state index contributed by atoms with van der Waals surface area (Å²) in [5.41, 5.74) is 1.35. The first-order valence-electron chi connectivity index (χ1n) is 13.0. The fraction of sp³-hybridized carbons (Fsp3) is 0.296. The first-order valence-corrected chi connectivity index (χ1v) is 14.6. The van der Waals surface area contributed by atoms with Crippen molar-refractivity contribution < 1.29 is 18.7 Å². The number of morpholine rings is 1. The van der Waals surface area contributed by atoms with Crippen molar-refractivity contribution in [2.75, 3.05) is 58.3 Å². The Bertz CT molecular complexity index is 1670. The summed E-state index contributed by atoms with van der Waals surface area (Å²) in [4.78, 5) is 22.5. The highest BCUT2D eigenvalue weighted by molar-refractivity contribution is 7.99. The van der Waals surface area contributed by atoms with Gasteiger partial charge in [-0.3, -0.25) is 14.6 Å². The van der Waals surface area contributed by atoms with Crippen LogP contribution < -0.4 is 10.1 Å². The SMILES string of the molecule is CN(CCN1CCOCC1)CC(=O)Nc1nc2ccc(Sc3nnc4ccc(Oc5cccc(F)c5)nn34)cc2s1. The molecule has 0 bridgehead atoms. The molecule has 14 heteroatoms. The number of nitrogens with zero attached hydrogens (tertiary/aromatic N) is 7. The van der Waals surface area contributed by atoms with Crippen LogP contribution in [0, 0.1) is 5.82 Å². The molecule has 0 aliphatic carbocycles. The van der Waals surface area contributed by atoms with Gasteiger partial charge in [-0.1, -0.05) is 17.4 Å². The highest BCUT2D eigenvalue weighted by Crippen LogP contribution is 2.33. The number of carbonyl (C=O) groups is 1. The Morgan fingerprint density at radius 1 is 1.17 bits per heavy atom. The number of anilines is 1. The standard InChI is InChI=1S/C27H27FN8O3S2/c1-34(9-10-35-11-13-38-14-12-35)17-24(37)30-26-29-21-6-5-20(16-22(21)41-26)40-27-32-31-23-7-8-25(33-36(23)27)39-19-4-2-3-18(28)15-19/h2-8,15-16H,9-14,17H2,1H3,(H,29,30,37). The Morgan fingerprint density at radius 3 is 2.90 bits per heavy atom. The normalized spacial score (nSPS) is 14.2. The summed E-state index contributed by atoms with van der Waals surface area (Å²) in [6.07, 6.45) is 0. The Hall–Kier alpha value is -3.69. The number of likely N-dealkylation sites (N-methyl/N-ethyl adjacent to an activating group) is 1. The van der Waals surface area contributed by atoms with Crippen molar-refractivity contribution in [2.45, 2.75) is 10.1 Å². The lowest BCUT2D eigenvalue weighted by atomic mass is 10.3. The van der Waals surface area contributed by atoms with Gasteiger partial charge in [0.25, 0.3) is 0 Å². The van der Waals surface area contributed by atoms with Crippen molar-refractivity contribution in [3.05, 3.63) is 60.4 Å². The summed E-state index contributed by atoms with van der Waals surface area (Å²) in [7, 11) is 1.95. The van der Waals surface area contributed by atoms with Gasteiger partial charge in [0.1, 0.15) is 11.6 Å². The lowest BCUT2D eigenvalue weighted by Crippen LogP contribution is -2.42. The van der Waals surface area contributed by atoms with Gasteiger partial charge in [0.15, 0.2) is 10.8 Å². The molecule has 5 aromatic rings. The molecule has 11 nitrogen and oxygen atoms in total. The zero-order valence-electron chi connectivity index (χ0n) is 22.2. The fourth-order valence-corrected chi connectivity index (χ4v) is 6.09. The number of carbonyl (C=O) groups excluding carboxylic acids is 1. The van der Waals surface area contributed by atoms with Gasteiger partial charge in [-0.05, 0) is 55.2 Å². The van der Waals surface area contributed by atoms with Crippen LogP contribution in [0.1, 0.15) is 0 Å². The molecule has 1 aliphatic heterocycles. The van der Waals surface area contributed by atoms with Crippen LogP contribution in [0.25, 0.3) is 15.9 Å². The molecule has 1 fully saturated rings. The quantitative estimate of drug-likeness (QED) is 0.255. The third-order valence-electron chi connectivity index (χ3n) is 6.36. The number of hydrogen-bond donors (Lipinski definition) is 1. The van der Waals surface area contributed by atoms with Crippen LogP contribution in [-0.2, 0) is 9.53 Å². The smallest absolute Gasteiger partial charge is 0.240 e. The average Bonchev–Trinajstić information content (AvgIpc) is 3.55. The molecule has 0 radical (unpaired) electrons. The van der Waals surface area contributed by atoms with Gasteiger partial charge in [-0.15, -0.1) is 15.3 Å². The topological polar surface area (TPSA) is 110 Å². The third-order valence-corrected chi connectivity index (χ3v) is 8.22. The summed E-state index contributed by atoms with van der Waals surface area (Å²) >= 11 is 2.81. The number of ether oxygens (including phenoxy) is 2. The average molecular weight is 595 g/mol. The maximum absolute atomic E-state index is 13.5. The number of thiazole rings is 1. The minimum absolute atomic E-state index is 0.0969. The largest absolute Gasteiger partial charge is 0.437 e. The van der Waals surface area contributed by atoms with Gasteiger partial charge in [0.2, 0.25) is 16.9 Å². The van der Waals surface area contributed by atoms with Crippen molar-refractivity contribution in [1.82, 2.24) is 34.6 Å². The van der Waals surface area contributed by atoms with E-state index in [-0.39, 0.29) is 11.8 Å². The van der Waals surface area contributed by atoms with Gasteiger partial charge in [0.05, 0.1) is 30.0 Å². The van der Waals surface area contributed by atoms with E-state index in [0.717, 1.165) is 54.5 Å². The molecular weight excluding hydrogens is 567 g/mol. The summed E-state index contributed by atoms with van der Waals surface area (Å²) in [6.45, 7) is 5.40. The molecule has 1 saturated heterocycles. The van der Waals surface area contributed by atoms with Crippen LogP contribution in [0.2, 0.25) is 0 Å². The van der Waals surface area contributed by atoms with Crippen LogP contribution in [0.5, 0.6) is 11.6 Å². The number of halogens is 1. The minimum atomic E-state index is -0.392. The van der Waals surface area contributed by atoms with Crippen molar-refractivity contribution in [3.8, 4) is 11.6 Å². The maximum atomic E-state index is 13.5.